The van der Waals surface area contributed by atoms with Gasteiger partial charge in [-0.25, -0.2) is 0 Å². The Labute approximate surface area is 128 Å². The lowest BCUT2D eigenvalue weighted by Gasteiger charge is -2.10. The van der Waals surface area contributed by atoms with Crippen molar-refractivity contribution in [3.63, 3.8) is 0 Å². The summed E-state index contributed by atoms with van der Waals surface area (Å²) in [5, 5.41) is 0. The van der Waals surface area contributed by atoms with Crippen LogP contribution >= 0.6 is 0 Å². The Hall–Kier alpha value is -1.65. The molecule has 21 heavy (non-hydrogen) atoms. The molecule has 2 rings (SSSR count). The monoisotopic (exact) mass is 303 g/mol. The zero-order valence-electron chi connectivity index (χ0n) is 12.5. The second kappa shape index (κ2) is 7.38. The fourth-order valence-corrected chi connectivity index (χ4v) is 3.55. The van der Waals surface area contributed by atoms with E-state index in [0.717, 1.165) is 22.4 Å². The molecule has 2 aromatic carbocycles. The molecule has 0 amide bonds. The summed E-state index contributed by atoms with van der Waals surface area (Å²) in [6.45, 7) is 2.49. The molecule has 0 aliphatic carbocycles. The zero-order chi connectivity index (χ0) is 15.2. The molecule has 1 atom stereocenters. The molecular formula is C17H21NO2S. The van der Waals surface area contributed by atoms with Gasteiger partial charge in [-0.3, -0.25) is 4.21 Å². The van der Waals surface area contributed by atoms with Crippen molar-refractivity contribution in [3.8, 4) is 5.75 Å². The largest absolute Gasteiger partial charge is 0.496 e. The molecule has 1 unspecified atom stereocenters. The van der Waals surface area contributed by atoms with Gasteiger partial charge in [-0.2, -0.15) is 0 Å². The summed E-state index contributed by atoms with van der Waals surface area (Å²) in [6, 6.07) is 13.9. The number of nitrogens with two attached hydrogens (primary N) is 1. The van der Waals surface area contributed by atoms with Crippen molar-refractivity contribution < 1.29 is 8.95 Å². The van der Waals surface area contributed by atoms with Crippen LogP contribution in [0.1, 0.15) is 22.3 Å². The number of ether oxygens (including phenoxy) is 1. The molecule has 0 spiro atoms. The van der Waals surface area contributed by atoms with Crippen molar-refractivity contribution in [2.24, 2.45) is 5.73 Å². The molecule has 0 fully saturated rings. The summed E-state index contributed by atoms with van der Waals surface area (Å²) < 4.78 is 17.7. The molecular weight excluding hydrogens is 282 g/mol. The van der Waals surface area contributed by atoms with Crippen LogP contribution in [0.15, 0.2) is 42.5 Å². The van der Waals surface area contributed by atoms with Crippen molar-refractivity contribution in [2.75, 3.05) is 7.11 Å². The maximum absolute atomic E-state index is 12.3. The molecule has 0 heterocycles. The summed E-state index contributed by atoms with van der Waals surface area (Å²) in [7, 11) is 0.690. The van der Waals surface area contributed by atoms with E-state index in [9.17, 15) is 4.21 Å². The molecule has 4 heteroatoms. The van der Waals surface area contributed by atoms with Crippen LogP contribution < -0.4 is 10.5 Å². The zero-order valence-corrected chi connectivity index (χ0v) is 13.3. The van der Waals surface area contributed by atoms with Crippen LogP contribution in [0.5, 0.6) is 5.75 Å². The maximum atomic E-state index is 12.3. The number of methoxy groups -OCH3 is 1. The summed E-state index contributed by atoms with van der Waals surface area (Å²) in [4.78, 5) is 0. The highest BCUT2D eigenvalue weighted by molar-refractivity contribution is 7.83. The minimum Gasteiger partial charge on any atom is -0.496 e. The lowest BCUT2D eigenvalue weighted by Crippen LogP contribution is -2.03. The van der Waals surface area contributed by atoms with E-state index in [2.05, 4.69) is 0 Å². The average Bonchev–Trinajstić information content (AvgIpc) is 2.49. The fraction of sp³-hybridized carbons (Fsp3) is 0.294. The van der Waals surface area contributed by atoms with Gasteiger partial charge in [0, 0.05) is 34.4 Å². The molecule has 112 valence electrons. The smallest absolute Gasteiger partial charge is 0.123 e. The van der Waals surface area contributed by atoms with Crippen LogP contribution in [0, 0.1) is 6.92 Å². The van der Waals surface area contributed by atoms with Crippen LogP contribution in [-0.2, 0) is 28.9 Å². The Morgan fingerprint density at radius 2 is 1.86 bits per heavy atom. The van der Waals surface area contributed by atoms with E-state index in [-0.39, 0.29) is 0 Å². The minimum atomic E-state index is -0.938. The number of benzene rings is 2. The Morgan fingerprint density at radius 1 is 1.10 bits per heavy atom. The van der Waals surface area contributed by atoms with Gasteiger partial charge in [0.25, 0.3) is 0 Å². The van der Waals surface area contributed by atoms with E-state index in [1.807, 2.05) is 49.4 Å². The van der Waals surface area contributed by atoms with E-state index in [4.69, 9.17) is 10.5 Å². The molecule has 0 aliphatic heterocycles. The SMILES string of the molecule is COc1cc(CS(=O)Cc2ccccc2C)ccc1CN. The van der Waals surface area contributed by atoms with Gasteiger partial charge in [0.1, 0.15) is 5.75 Å². The summed E-state index contributed by atoms with van der Waals surface area (Å²) in [5.41, 5.74) is 9.95. The van der Waals surface area contributed by atoms with Gasteiger partial charge in [-0.15, -0.1) is 0 Å². The molecule has 0 saturated carbocycles. The predicted octanol–water partition coefficient (Wildman–Crippen LogP) is 2.91. The number of rotatable bonds is 6. The van der Waals surface area contributed by atoms with E-state index < -0.39 is 10.8 Å². The lowest BCUT2D eigenvalue weighted by molar-refractivity contribution is 0.409. The summed E-state index contributed by atoms with van der Waals surface area (Å²) in [5.74, 6) is 1.87. The Kier molecular flexibility index (Phi) is 5.53. The summed E-state index contributed by atoms with van der Waals surface area (Å²) in [6.07, 6.45) is 0. The van der Waals surface area contributed by atoms with Crippen molar-refractivity contribution in [3.05, 3.63) is 64.7 Å². The van der Waals surface area contributed by atoms with Gasteiger partial charge in [-0.05, 0) is 29.7 Å². The van der Waals surface area contributed by atoms with Gasteiger partial charge in [-0.1, -0.05) is 36.4 Å². The summed E-state index contributed by atoms with van der Waals surface area (Å²) >= 11 is 0. The van der Waals surface area contributed by atoms with Crippen LogP contribution in [0.2, 0.25) is 0 Å². The highest BCUT2D eigenvalue weighted by atomic mass is 32.2. The maximum Gasteiger partial charge on any atom is 0.123 e. The molecule has 2 N–H and O–H groups in total. The quantitative estimate of drug-likeness (QED) is 0.892. The average molecular weight is 303 g/mol. The third kappa shape index (κ3) is 4.16. The van der Waals surface area contributed by atoms with E-state index in [1.165, 1.54) is 5.56 Å². The molecule has 0 radical (unpaired) electrons. The molecule has 2 aromatic rings. The molecule has 0 bridgehead atoms. The van der Waals surface area contributed by atoms with E-state index >= 15 is 0 Å². The second-order valence-corrected chi connectivity index (χ2v) is 6.46. The molecule has 3 nitrogen and oxygen atoms in total. The predicted molar refractivity (Wildman–Crippen MR) is 87.6 cm³/mol. The Balaban J connectivity index is 2.08. The third-order valence-corrected chi connectivity index (χ3v) is 4.77. The van der Waals surface area contributed by atoms with Gasteiger partial charge in [0.05, 0.1) is 7.11 Å². The van der Waals surface area contributed by atoms with Gasteiger partial charge in [0.2, 0.25) is 0 Å². The first-order chi connectivity index (χ1) is 10.1. The number of hydrogen-bond acceptors (Lipinski definition) is 3. The first kappa shape index (κ1) is 15.7. The van der Waals surface area contributed by atoms with Crippen molar-refractivity contribution in [1.82, 2.24) is 0 Å². The lowest BCUT2D eigenvalue weighted by atomic mass is 10.1. The van der Waals surface area contributed by atoms with Gasteiger partial charge >= 0.3 is 0 Å². The van der Waals surface area contributed by atoms with Gasteiger partial charge < -0.3 is 10.5 Å². The highest BCUT2D eigenvalue weighted by Gasteiger charge is 2.08. The van der Waals surface area contributed by atoms with Crippen molar-refractivity contribution in [1.29, 1.82) is 0 Å². The molecule has 0 aliphatic rings. The van der Waals surface area contributed by atoms with Crippen molar-refractivity contribution >= 4 is 10.8 Å². The second-order valence-electron chi connectivity index (χ2n) is 5.01. The minimum absolute atomic E-state index is 0.440. The Morgan fingerprint density at radius 3 is 2.52 bits per heavy atom. The normalized spacial score (nSPS) is 12.1. The van der Waals surface area contributed by atoms with Gasteiger partial charge in [0.15, 0.2) is 0 Å². The molecule has 0 saturated heterocycles. The van der Waals surface area contributed by atoms with Crippen LogP contribution in [0.4, 0.5) is 0 Å². The van der Waals surface area contributed by atoms with Crippen molar-refractivity contribution in [2.45, 2.75) is 25.0 Å². The third-order valence-electron chi connectivity index (χ3n) is 3.48. The first-order valence-corrected chi connectivity index (χ1v) is 8.38. The number of aryl methyl sites for hydroxylation is 1. The van der Waals surface area contributed by atoms with Crippen LogP contribution in [0.3, 0.4) is 0 Å². The van der Waals surface area contributed by atoms with Crippen LogP contribution in [0.25, 0.3) is 0 Å². The number of hydrogen-bond donors (Lipinski definition) is 1. The standard InChI is InChI=1S/C17H21NO2S/c1-13-5-3-4-6-16(13)12-21(19)11-14-7-8-15(10-18)17(9-14)20-2/h3-9H,10-12,18H2,1-2H3. The fourth-order valence-electron chi connectivity index (χ4n) is 2.23. The Bertz CT molecular complexity index is 640. The molecule has 0 aromatic heterocycles. The topological polar surface area (TPSA) is 52.3 Å². The van der Waals surface area contributed by atoms with E-state index in [1.54, 1.807) is 7.11 Å². The highest BCUT2D eigenvalue weighted by Crippen LogP contribution is 2.21. The first-order valence-electron chi connectivity index (χ1n) is 6.89. The van der Waals surface area contributed by atoms with Crippen LogP contribution in [-0.4, -0.2) is 11.3 Å². The van der Waals surface area contributed by atoms with E-state index in [0.29, 0.717) is 18.1 Å².